The van der Waals surface area contributed by atoms with Gasteiger partial charge in [0.1, 0.15) is 11.6 Å². The van der Waals surface area contributed by atoms with Crippen LogP contribution in [-0.2, 0) is 14.3 Å². The van der Waals surface area contributed by atoms with Crippen LogP contribution in [0.5, 0.6) is 0 Å². The summed E-state index contributed by atoms with van der Waals surface area (Å²) in [4.78, 5) is 25.8. The van der Waals surface area contributed by atoms with Crippen LogP contribution in [0.15, 0.2) is 0 Å². The Kier molecular flexibility index (Phi) is 5.35. The summed E-state index contributed by atoms with van der Waals surface area (Å²) >= 11 is 0. The molecule has 0 aliphatic carbocycles. The van der Waals surface area contributed by atoms with E-state index >= 15 is 0 Å². The van der Waals surface area contributed by atoms with Crippen LogP contribution in [-0.4, -0.2) is 47.6 Å². The zero-order valence-corrected chi connectivity index (χ0v) is 12.7. The second-order valence-electron chi connectivity index (χ2n) is 6.18. The molecule has 19 heavy (non-hydrogen) atoms. The van der Waals surface area contributed by atoms with E-state index in [1.54, 1.807) is 13.8 Å². The lowest BCUT2D eigenvalue weighted by molar-refractivity contribution is -0.157. The van der Waals surface area contributed by atoms with Crippen LogP contribution in [0, 0.1) is 0 Å². The van der Waals surface area contributed by atoms with Gasteiger partial charge in [-0.05, 0) is 47.5 Å². The van der Waals surface area contributed by atoms with Crippen LogP contribution in [0.25, 0.3) is 0 Å². The van der Waals surface area contributed by atoms with E-state index < -0.39 is 11.6 Å². The summed E-state index contributed by atoms with van der Waals surface area (Å²) < 4.78 is 5.28. The summed E-state index contributed by atoms with van der Waals surface area (Å²) in [5, 5.41) is 3.01. The molecule has 1 N–H and O–H groups in total. The molecule has 0 saturated carbocycles. The van der Waals surface area contributed by atoms with Gasteiger partial charge in [0.05, 0.1) is 6.04 Å². The first-order valence-corrected chi connectivity index (χ1v) is 6.98. The van der Waals surface area contributed by atoms with E-state index in [1.165, 1.54) is 0 Å². The molecule has 2 atom stereocenters. The molecule has 1 heterocycles. The van der Waals surface area contributed by atoms with Gasteiger partial charge in [0.15, 0.2) is 0 Å². The molecule has 0 aromatic heterocycles. The maximum atomic E-state index is 12.1. The fraction of sp³-hybridized carbons (Fsp3) is 0.857. The molecule has 1 rings (SSSR count). The lowest BCUT2D eigenvalue weighted by Crippen LogP contribution is -2.50. The Labute approximate surface area is 115 Å². The predicted octanol–water partition coefficient (Wildman–Crippen LogP) is 1.32. The van der Waals surface area contributed by atoms with Gasteiger partial charge in [-0.15, -0.1) is 0 Å². The number of hydrogen-bond acceptors (Lipinski definition) is 4. The minimum Gasteiger partial charge on any atom is -0.459 e. The lowest BCUT2D eigenvalue weighted by Gasteiger charge is -2.26. The summed E-state index contributed by atoms with van der Waals surface area (Å²) in [5.74, 6) is -0.263. The molecular weight excluding hydrogens is 244 g/mol. The second-order valence-corrected chi connectivity index (χ2v) is 6.18. The van der Waals surface area contributed by atoms with Crippen LogP contribution in [0.4, 0.5) is 0 Å². The molecule has 0 spiro atoms. The zero-order valence-electron chi connectivity index (χ0n) is 12.7. The van der Waals surface area contributed by atoms with Crippen LogP contribution in [0.2, 0.25) is 0 Å². The average molecular weight is 270 g/mol. The van der Waals surface area contributed by atoms with Crippen molar-refractivity contribution < 1.29 is 14.3 Å². The number of carbonyl (C=O) groups excluding carboxylic acids is 2. The molecule has 0 aromatic carbocycles. The molecule has 0 aromatic rings. The van der Waals surface area contributed by atoms with E-state index in [0.29, 0.717) is 0 Å². The van der Waals surface area contributed by atoms with Crippen LogP contribution < -0.4 is 5.32 Å². The number of nitrogens with zero attached hydrogens (tertiary/aromatic N) is 1. The standard InChI is InChI=1S/C14H26N2O3/c1-10(12(17)16-8-6-7-9-16)15-11(2)13(18)19-14(3,4)5/h10-11,15H,6-9H2,1-5H3. The SMILES string of the molecule is CC(NC(C)C(=O)N1CCCC1)C(=O)OC(C)(C)C. The first-order valence-electron chi connectivity index (χ1n) is 6.98. The summed E-state index contributed by atoms with van der Waals surface area (Å²) in [5.41, 5.74) is -0.505. The van der Waals surface area contributed by atoms with Gasteiger partial charge in [-0.3, -0.25) is 14.9 Å². The van der Waals surface area contributed by atoms with Crippen molar-refractivity contribution in [2.24, 2.45) is 0 Å². The minimum absolute atomic E-state index is 0.0629. The smallest absolute Gasteiger partial charge is 0.323 e. The van der Waals surface area contributed by atoms with Gasteiger partial charge in [0.25, 0.3) is 0 Å². The van der Waals surface area contributed by atoms with Gasteiger partial charge in [-0.1, -0.05) is 0 Å². The third-order valence-corrected chi connectivity index (χ3v) is 3.05. The Bertz CT molecular complexity index is 330. The second kappa shape index (κ2) is 6.37. The number of hydrogen-bond donors (Lipinski definition) is 1. The van der Waals surface area contributed by atoms with Gasteiger partial charge in [0, 0.05) is 13.1 Å². The summed E-state index contributed by atoms with van der Waals surface area (Å²) in [7, 11) is 0. The van der Waals surface area contributed by atoms with Crippen LogP contribution >= 0.6 is 0 Å². The minimum atomic E-state index is -0.505. The molecular formula is C14H26N2O3. The number of ether oxygens (including phenoxy) is 1. The third-order valence-electron chi connectivity index (χ3n) is 3.05. The highest BCUT2D eigenvalue weighted by Crippen LogP contribution is 2.11. The van der Waals surface area contributed by atoms with Gasteiger partial charge in [-0.2, -0.15) is 0 Å². The number of carbonyl (C=O) groups is 2. The highest BCUT2D eigenvalue weighted by molar-refractivity contribution is 5.83. The van der Waals surface area contributed by atoms with E-state index in [1.807, 2.05) is 25.7 Å². The molecule has 1 saturated heterocycles. The van der Waals surface area contributed by atoms with Gasteiger partial charge in [0.2, 0.25) is 5.91 Å². The van der Waals surface area contributed by atoms with Gasteiger partial charge in [-0.25, -0.2) is 0 Å². The lowest BCUT2D eigenvalue weighted by atomic mass is 10.2. The molecule has 0 radical (unpaired) electrons. The monoisotopic (exact) mass is 270 g/mol. The largest absolute Gasteiger partial charge is 0.459 e. The molecule has 2 unspecified atom stereocenters. The van der Waals surface area contributed by atoms with Crippen LogP contribution in [0.3, 0.4) is 0 Å². The van der Waals surface area contributed by atoms with E-state index in [0.717, 1.165) is 25.9 Å². The molecule has 1 fully saturated rings. The van der Waals surface area contributed by atoms with Crippen molar-refractivity contribution in [1.82, 2.24) is 10.2 Å². The number of esters is 1. The molecule has 1 aliphatic heterocycles. The normalized spacial score (nSPS) is 19.1. The summed E-state index contributed by atoms with van der Waals surface area (Å²) in [6.45, 7) is 10.7. The highest BCUT2D eigenvalue weighted by Gasteiger charge is 2.27. The van der Waals surface area contributed by atoms with E-state index in [4.69, 9.17) is 4.74 Å². The fourth-order valence-corrected chi connectivity index (χ4v) is 2.12. The fourth-order valence-electron chi connectivity index (χ4n) is 2.12. The van der Waals surface area contributed by atoms with Crippen molar-refractivity contribution in [2.45, 2.75) is 65.1 Å². The van der Waals surface area contributed by atoms with Crippen molar-refractivity contribution in [3.8, 4) is 0 Å². The van der Waals surface area contributed by atoms with E-state index in [-0.39, 0.29) is 17.9 Å². The topological polar surface area (TPSA) is 58.6 Å². The van der Waals surface area contributed by atoms with Crippen molar-refractivity contribution in [1.29, 1.82) is 0 Å². The van der Waals surface area contributed by atoms with Crippen molar-refractivity contribution >= 4 is 11.9 Å². The number of rotatable bonds is 4. The van der Waals surface area contributed by atoms with E-state index in [9.17, 15) is 9.59 Å². The molecule has 5 heteroatoms. The van der Waals surface area contributed by atoms with Crippen molar-refractivity contribution in [2.75, 3.05) is 13.1 Å². The zero-order chi connectivity index (χ0) is 14.6. The van der Waals surface area contributed by atoms with E-state index in [2.05, 4.69) is 5.32 Å². The quantitative estimate of drug-likeness (QED) is 0.783. The Hall–Kier alpha value is -1.10. The first-order chi connectivity index (χ1) is 8.70. The Morgan fingerprint density at radius 1 is 1.11 bits per heavy atom. The van der Waals surface area contributed by atoms with Crippen molar-refractivity contribution in [3.63, 3.8) is 0 Å². The number of nitrogens with one attached hydrogen (secondary N) is 1. The summed E-state index contributed by atoms with van der Waals surface area (Å²) in [6.07, 6.45) is 2.14. The third kappa shape index (κ3) is 5.19. The Balaban J connectivity index is 2.44. The molecule has 0 bridgehead atoms. The number of likely N-dealkylation sites (tertiary alicyclic amines) is 1. The molecule has 110 valence electrons. The maximum absolute atomic E-state index is 12.1. The average Bonchev–Trinajstić information content (AvgIpc) is 2.78. The molecule has 1 amide bonds. The predicted molar refractivity (Wildman–Crippen MR) is 73.7 cm³/mol. The van der Waals surface area contributed by atoms with Crippen LogP contribution in [0.1, 0.15) is 47.5 Å². The number of amides is 1. The Morgan fingerprint density at radius 3 is 2.11 bits per heavy atom. The summed E-state index contributed by atoms with van der Waals surface area (Å²) in [6, 6.07) is -0.846. The molecule has 5 nitrogen and oxygen atoms in total. The van der Waals surface area contributed by atoms with Gasteiger partial charge < -0.3 is 9.64 Å². The van der Waals surface area contributed by atoms with Crippen molar-refractivity contribution in [3.05, 3.63) is 0 Å². The maximum Gasteiger partial charge on any atom is 0.323 e. The molecule has 1 aliphatic rings. The Morgan fingerprint density at radius 2 is 1.63 bits per heavy atom. The first kappa shape index (κ1) is 16.0. The van der Waals surface area contributed by atoms with Gasteiger partial charge >= 0.3 is 5.97 Å². The highest BCUT2D eigenvalue weighted by atomic mass is 16.6.